The van der Waals surface area contributed by atoms with Crippen molar-refractivity contribution >= 4 is 6.21 Å². The highest BCUT2D eigenvalue weighted by molar-refractivity contribution is 5.61. The summed E-state index contributed by atoms with van der Waals surface area (Å²) >= 11 is 0. The van der Waals surface area contributed by atoms with Crippen LogP contribution in [0.1, 0.15) is 40.5 Å². The van der Waals surface area contributed by atoms with Crippen molar-refractivity contribution in [3.05, 3.63) is 60.3 Å². The molecule has 23 heavy (non-hydrogen) atoms. The number of aliphatic imine (C=N–C) groups is 1. The van der Waals surface area contributed by atoms with Crippen molar-refractivity contribution in [3.8, 4) is 0 Å². The molecule has 126 valence electrons. The standard InChI is InChI=1S/C18H29N5/c1-6-17(5)19-14-10-9-12-16(4)13-11-15-23-21-20-18(7-2)22(23)8-3/h6-9,12-14,20-21H,3,10-11,15H2,1-2,4-5H3/b12-9-,16-13+,17-6+,18-7-,19-14-. The van der Waals surface area contributed by atoms with Gasteiger partial charge < -0.3 is 0 Å². The molecule has 1 rings (SSSR count). The molecule has 1 fully saturated rings. The number of allylic oxidation sites excluding steroid dienone is 6. The Hall–Kier alpha value is -2.11. The first-order valence-corrected chi connectivity index (χ1v) is 7.98. The molecule has 0 spiro atoms. The van der Waals surface area contributed by atoms with E-state index in [1.165, 1.54) is 5.57 Å². The van der Waals surface area contributed by atoms with Gasteiger partial charge in [0.2, 0.25) is 0 Å². The molecule has 1 heterocycles. The fourth-order valence-corrected chi connectivity index (χ4v) is 2.00. The summed E-state index contributed by atoms with van der Waals surface area (Å²) in [5.41, 5.74) is 8.50. The summed E-state index contributed by atoms with van der Waals surface area (Å²) in [6.07, 6.45) is 16.0. The summed E-state index contributed by atoms with van der Waals surface area (Å²) in [7, 11) is 0. The third-order valence-corrected chi connectivity index (χ3v) is 3.41. The van der Waals surface area contributed by atoms with Crippen LogP contribution >= 0.6 is 0 Å². The normalized spacial score (nSPS) is 19.3. The van der Waals surface area contributed by atoms with Gasteiger partial charge in [-0.15, -0.1) is 10.7 Å². The van der Waals surface area contributed by atoms with Gasteiger partial charge in [-0.25, -0.2) is 0 Å². The zero-order valence-electron chi connectivity index (χ0n) is 14.7. The molecule has 0 unspecified atom stereocenters. The molecule has 0 aliphatic carbocycles. The van der Waals surface area contributed by atoms with Crippen LogP contribution < -0.4 is 11.0 Å². The lowest BCUT2D eigenvalue weighted by Crippen LogP contribution is -2.41. The highest BCUT2D eigenvalue weighted by Crippen LogP contribution is 2.11. The van der Waals surface area contributed by atoms with E-state index >= 15 is 0 Å². The van der Waals surface area contributed by atoms with Crippen LogP contribution in [0.25, 0.3) is 0 Å². The lowest BCUT2D eigenvalue weighted by atomic mass is 10.2. The highest BCUT2D eigenvalue weighted by Gasteiger charge is 2.21. The summed E-state index contributed by atoms with van der Waals surface area (Å²) in [6.45, 7) is 12.8. The minimum absolute atomic E-state index is 0.850. The third-order valence-electron chi connectivity index (χ3n) is 3.41. The van der Waals surface area contributed by atoms with Crippen molar-refractivity contribution in [1.29, 1.82) is 0 Å². The number of hydrazine groups is 3. The second kappa shape index (κ2) is 10.6. The summed E-state index contributed by atoms with van der Waals surface area (Å²) in [4.78, 5) is 4.31. The lowest BCUT2D eigenvalue weighted by Gasteiger charge is -2.22. The maximum absolute atomic E-state index is 4.31. The van der Waals surface area contributed by atoms with E-state index < -0.39 is 0 Å². The molecule has 1 aliphatic rings. The minimum Gasteiger partial charge on any atom is -0.291 e. The van der Waals surface area contributed by atoms with Gasteiger partial charge in [-0.05, 0) is 40.2 Å². The monoisotopic (exact) mass is 315 g/mol. The highest BCUT2D eigenvalue weighted by atomic mass is 15.9. The summed E-state index contributed by atoms with van der Waals surface area (Å²) in [5.74, 6) is 0.983. The predicted molar refractivity (Wildman–Crippen MR) is 98.8 cm³/mol. The van der Waals surface area contributed by atoms with Gasteiger partial charge in [-0.2, -0.15) is 0 Å². The molecule has 0 amide bonds. The molecule has 0 radical (unpaired) electrons. The van der Waals surface area contributed by atoms with Crippen LogP contribution in [0.4, 0.5) is 0 Å². The fraction of sp³-hybridized carbons (Fsp3) is 0.389. The van der Waals surface area contributed by atoms with Crippen LogP contribution in [-0.2, 0) is 0 Å². The topological polar surface area (TPSA) is 42.9 Å². The molecule has 0 saturated carbocycles. The van der Waals surface area contributed by atoms with Crippen LogP contribution in [0, 0.1) is 0 Å². The van der Waals surface area contributed by atoms with E-state index in [1.807, 2.05) is 49.3 Å². The third kappa shape index (κ3) is 6.67. The van der Waals surface area contributed by atoms with Crippen molar-refractivity contribution < 1.29 is 0 Å². The van der Waals surface area contributed by atoms with Gasteiger partial charge in [0.25, 0.3) is 0 Å². The summed E-state index contributed by atoms with van der Waals surface area (Å²) < 4.78 is 0. The van der Waals surface area contributed by atoms with E-state index in [0.717, 1.165) is 30.9 Å². The van der Waals surface area contributed by atoms with Crippen LogP contribution in [0.3, 0.4) is 0 Å². The minimum atomic E-state index is 0.850. The van der Waals surface area contributed by atoms with Gasteiger partial charge in [0.1, 0.15) is 5.82 Å². The summed E-state index contributed by atoms with van der Waals surface area (Å²) in [6, 6.07) is 0. The molecule has 2 N–H and O–H groups in total. The van der Waals surface area contributed by atoms with Crippen molar-refractivity contribution in [3.63, 3.8) is 0 Å². The SMILES string of the molecule is C=CN1/C(=C\C)NNN1CC/C=C(C)/C=C\C/C=N\C(C)=C\C. The van der Waals surface area contributed by atoms with E-state index in [0.29, 0.717) is 0 Å². The summed E-state index contributed by atoms with van der Waals surface area (Å²) in [5, 5.41) is 3.95. The van der Waals surface area contributed by atoms with E-state index in [-0.39, 0.29) is 0 Å². The molecule has 0 aromatic rings. The second-order valence-corrected chi connectivity index (χ2v) is 5.18. The van der Waals surface area contributed by atoms with Crippen molar-refractivity contribution in [1.82, 2.24) is 21.1 Å². The number of hydrogen-bond acceptors (Lipinski definition) is 5. The maximum Gasteiger partial charge on any atom is 0.133 e. The number of nitrogens with one attached hydrogen (secondary N) is 2. The second-order valence-electron chi connectivity index (χ2n) is 5.18. The Morgan fingerprint density at radius 3 is 2.74 bits per heavy atom. The molecule has 0 bridgehead atoms. The molecular weight excluding hydrogens is 286 g/mol. The van der Waals surface area contributed by atoms with Crippen molar-refractivity contribution in [2.24, 2.45) is 4.99 Å². The smallest absolute Gasteiger partial charge is 0.133 e. The van der Waals surface area contributed by atoms with Crippen LogP contribution in [0.5, 0.6) is 0 Å². The van der Waals surface area contributed by atoms with Gasteiger partial charge in [-0.1, -0.05) is 36.5 Å². The molecule has 1 saturated heterocycles. The number of hydrogen-bond donors (Lipinski definition) is 2. The molecule has 0 atom stereocenters. The van der Waals surface area contributed by atoms with Crippen molar-refractivity contribution in [2.75, 3.05) is 6.54 Å². The van der Waals surface area contributed by atoms with E-state index in [2.05, 4.69) is 47.7 Å². The Morgan fingerprint density at radius 1 is 1.30 bits per heavy atom. The van der Waals surface area contributed by atoms with Crippen LogP contribution in [0.15, 0.2) is 65.2 Å². The fourth-order valence-electron chi connectivity index (χ4n) is 2.00. The molecule has 5 heteroatoms. The largest absolute Gasteiger partial charge is 0.291 e. The van der Waals surface area contributed by atoms with Gasteiger partial charge in [-0.3, -0.25) is 15.4 Å². The van der Waals surface area contributed by atoms with Crippen LogP contribution in [-0.4, -0.2) is 22.9 Å². The van der Waals surface area contributed by atoms with E-state index in [9.17, 15) is 0 Å². The number of nitrogens with zero attached hydrogens (tertiary/aromatic N) is 3. The Kier molecular flexibility index (Phi) is 8.72. The van der Waals surface area contributed by atoms with E-state index in [1.54, 1.807) is 6.20 Å². The first-order valence-electron chi connectivity index (χ1n) is 7.98. The molecule has 5 nitrogen and oxygen atoms in total. The maximum atomic E-state index is 4.31. The van der Waals surface area contributed by atoms with Gasteiger partial charge >= 0.3 is 0 Å². The van der Waals surface area contributed by atoms with Gasteiger partial charge in [0.15, 0.2) is 0 Å². The van der Waals surface area contributed by atoms with E-state index in [4.69, 9.17) is 0 Å². The quantitative estimate of drug-likeness (QED) is 0.528. The molecular formula is C18H29N5. The van der Waals surface area contributed by atoms with Crippen molar-refractivity contribution in [2.45, 2.75) is 40.5 Å². The van der Waals surface area contributed by atoms with Gasteiger partial charge in [0.05, 0.1) is 0 Å². The molecule has 1 aliphatic heterocycles. The lowest BCUT2D eigenvalue weighted by molar-refractivity contribution is 0.0469. The average Bonchev–Trinajstić information content (AvgIpc) is 2.96. The molecule has 0 aromatic heterocycles. The zero-order valence-corrected chi connectivity index (χ0v) is 14.7. The predicted octanol–water partition coefficient (Wildman–Crippen LogP) is 3.81. The Bertz CT molecular complexity index is 526. The average molecular weight is 315 g/mol. The Balaban J connectivity index is 2.37. The Morgan fingerprint density at radius 2 is 2.09 bits per heavy atom. The van der Waals surface area contributed by atoms with Crippen LogP contribution in [0.2, 0.25) is 0 Å². The zero-order chi connectivity index (χ0) is 17.1. The van der Waals surface area contributed by atoms with Gasteiger partial charge in [0, 0.05) is 31.1 Å². The number of rotatable bonds is 8. The Labute approximate surface area is 140 Å². The first-order chi connectivity index (χ1) is 11.1. The first kappa shape index (κ1) is 18.9. The molecule has 0 aromatic carbocycles.